The highest BCUT2D eigenvalue weighted by atomic mass is 35.5. The standard InChI is InChI=1S/C26H29Cl2N5O3.C19H23Cl2N5O3/c27-22-12-21(13-23(28)15-22)18-36-26(35)32-10-7-19(8-11-32)14-25(34)29-9-6-24-17-33(31-30-24)16-20-4-2-1-3-5-20;20-15-7-14(8-16(21)10-15)12-29-19(28)26-5-2-13(3-6-26)9-18(27)22-4-1-17-11-23-25-24-17/h1-5,12-13,15,17,19H,6-11,14,16,18H2,(H,29,34);7-8,10-11,13H,1-6,9,12H2,(H,22,27)(H,23,24,25). The molecule has 3 N–H and O–H groups in total. The van der Waals surface area contributed by atoms with Crippen molar-refractivity contribution >= 4 is 70.4 Å². The highest BCUT2D eigenvalue weighted by Gasteiger charge is 2.27. The maximum absolute atomic E-state index is 12.4. The quantitative estimate of drug-likeness (QED) is 0.0876. The van der Waals surface area contributed by atoms with Crippen LogP contribution in [-0.2, 0) is 51.7 Å². The lowest BCUT2D eigenvalue weighted by Crippen LogP contribution is -2.40. The third kappa shape index (κ3) is 17.1. The van der Waals surface area contributed by atoms with Gasteiger partial charge in [0.15, 0.2) is 0 Å². The Hall–Kier alpha value is -5.42. The van der Waals surface area contributed by atoms with Crippen molar-refractivity contribution in [2.45, 2.75) is 71.1 Å². The van der Waals surface area contributed by atoms with E-state index < -0.39 is 0 Å². The number of carbonyl (C=O) groups excluding carboxylic acids is 4. The van der Waals surface area contributed by atoms with Crippen LogP contribution in [0, 0.1) is 11.8 Å². The molecule has 3 aromatic carbocycles. The number of rotatable bonds is 16. The van der Waals surface area contributed by atoms with Crippen LogP contribution >= 0.6 is 46.4 Å². The lowest BCUT2D eigenvalue weighted by molar-refractivity contribution is -0.123. The number of halogens is 4. The predicted molar refractivity (Wildman–Crippen MR) is 246 cm³/mol. The van der Waals surface area contributed by atoms with E-state index in [9.17, 15) is 19.2 Å². The second-order valence-electron chi connectivity index (χ2n) is 16.0. The normalized spacial score (nSPS) is 14.3. The van der Waals surface area contributed by atoms with Crippen LogP contribution in [0.15, 0.2) is 79.1 Å². The summed E-state index contributed by atoms with van der Waals surface area (Å²) >= 11 is 23.9. The van der Waals surface area contributed by atoms with E-state index in [0.29, 0.717) is 91.6 Å². The van der Waals surface area contributed by atoms with E-state index in [1.54, 1.807) is 57.1 Å². The molecule has 2 aliphatic rings. The molecule has 0 atom stereocenters. The van der Waals surface area contributed by atoms with Gasteiger partial charge in [-0.3, -0.25) is 9.59 Å². The summed E-state index contributed by atoms with van der Waals surface area (Å²) < 4.78 is 12.6. The molecule has 0 radical (unpaired) electrons. The Morgan fingerprint density at radius 1 is 0.646 bits per heavy atom. The first-order chi connectivity index (χ1) is 31.4. The number of nitrogens with one attached hydrogen (secondary N) is 3. The van der Waals surface area contributed by atoms with Crippen LogP contribution in [0.25, 0.3) is 0 Å². The number of H-pyrrole nitrogens is 1. The van der Waals surface area contributed by atoms with E-state index in [1.165, 1.54) is 0 Å². The highest BCUT2D eigenvalue weighted by Crippen LogP contribution is 2.25. The number of hydrogen-bond donors (Lipinski definition) is 3. The fraction of sp³-hybridized carbons (Fsp3) is 0.422. The van der Waals surface area contributed by atoms with Crippen LogP contribution in [0.1, 0.15) is 66.6 Å². The number of ether oxygens (including phenoxy) is 2. The molecule has 7 rings (SSSR count). The summed E-state index contributed by atoms with van der Waals surface area (Å²) in [6.45, 7) is 4.23. The average Bonchev–Trinajstić information content (AvgIpc) is 3.98. The van der Waals surface area contributed by atoms with Crippen molar-refractivity contribution in [2.24, 2.45) is 11.8 Å². The largest absolute Gasteiger partial charge is 0.445 e. The van der Waals surface area contributed by atoms with Crippen molar-refractivity contribution in [3.05, 3.63) is 127 Å². The Morgan fingerprint density at radius 3 is 1.58 bits per heavy atom. The van der Waals surface area contributed by atoms with E-state index in [1.807, 2.05) is 36.5 Å². The van der Waals surface area contributed by atoms with E-state index in [0.717, 1.165) is 53.8 Å². The molecule has 2 aliphatic heterocycles. The van der Waals surface area contributed by atoms with Crippen molar-refractivity contribution in [3.63, 3.8) is 0 Å². The maximum Gasteiger partial charge on any atom is 0.410 e. The molecule has 4 heterocycles. The Kier molecular flexibility index (Phi) is 19.1. The number of amides is 4. The third-order valence-corrected chi connectivity index (χ3v) is 11.8. The minimum Gasteiger partial charge on any atom is -0.445 e. The van der Waals surface area contributed by atoms with Crippen LogP contribution in [0.3, 0.4) is 0 Å². The zero-order valence-electron chi connectivity index (χ0n) is 35.8. The number of likely N-dealkylation sites (tertiary alicyclic amines) is 2. The molecule has 0 bridgehead atoms. The molecule has 4 amide bonds. The van der Waals surface area contributed by atoms with Crippen LogP contribution in [0.4, 0.5) is 9.59 Å². The van der Waals surface area contributed by atoms with Gasteiger partial charge in [-0.2, -0.15) is 15.4 Å². The Morgan fingerprint density at radius 2 is 1.12 bits per heavy atom. The number of aromatic amines is 1. The summed E-state index contributed by atoms with van der Waals surface area (Å²) in [5.74, 6) is 0.545. The van der Waals surface area contributed by atoms with Gasteiger partial charge >= 0.3 is 12.2 Å². The fourth-order valence-electron chi connectivity index (χ4n) is 7.48. The number of piperidine rings is 2. The summed E-state index contributed by atoms with van der Waals surface area (Å²) in [6.07, 6.45) is 8.07. The number of hydrogen-bond acceptors (Lipinski definition) is 10. The Labute approximate surface area is 397 Å². The van der Waals surface area contributed by atoms with Gasteiger partial charge in [0.1, 0.15) is 13.2 Å². The van der Waals surface area contributed by atoms with Crippen molar-refractivity contribution in [3.8, 4) is 0 Å². The molecule has 2 aromatic heterocycles. The van der Waals surface area contributed by atoms with Gasteiger partial charge in [-0.25, -0.2) is 14.3 Å². The minimum absolute atomic E-state index is 0.0190. The van der Waals surface area contributed by atoms with Crippen molar-refractivity contribution in [2.75, 3.05) is 39.3 Å². The summed E-state index contributed by atoms with van der Waals surface area (Å²) in [5.41, 5.74) is 4.31. The number of carbonyl (C=O) groups is 4. The lowest BCUT2D eigenvalue weighted by atomic mass is 9.93. The SMILES string of the molecule is O=C(CC1CCN(C(=O)OCc2cc(Cl)cc(Cl)c2)CC1)NCCc1cn(Cc2ccccc2)nn1.O=C(CC1CCN(C(=O)OCc2cc(Cl)cc(Cl)c2)CC1)NCCc1cn[nH]n1. The lowest BCUT2D eigenvalue weighted by Gasteiger charge is -2.31. The highest BCUT2D eigenvalue weighted by molar-refractivity contribution is 6.35. The second kappa shape index (κ2) is 25.3. The topological polar surface area (TPSA) is 190 Å². The molecule has 2 fully saturated rings. The number of benzene rings is 3. The number of nitrogens with zero attached hydrogens (tertiary/aromatic N) is 7. The van der Waals surface area contributed by atoms with E-state index in [4.69, 9.17) is 55.9 Å². The van der Waals surface area contributed by atoms with Crippen LogP contribution in [0.2, 0.25) is 20.1 Å². The van der Waals surface area contributed by atoms with Gasteiger partial charge in [-0.1, -0.05) is 81.9 Å². The van der Waals surface area contributed by atoms with Gasteiger partial charge in [-0.15, -0.1) is 5.10 Å². The molecular formula is C45H52Cl4N10O6. The molecule has 5 aromatic rings. The first-order valence-electron chi connectivity index (χ1n) is 21.5. The summed E-state index contributed by atoms with van der Waals surface area (Å²) in [4.78, 5) is 52.5. The first kappa shape index (κ1) is 49.0. The zero-order chi connectivity index (χ0) is 46.0. The molecule has 65 heavy (non-hydrogen) atoms. The van der Waals surface area contributed by atoms with Crippen molar-refractivity contribution in [1.29, 1.82) is 0 Å². The smallest absolute Gasteiger partial charge is 0.410 e. The van der Waals surface area contributed by atoms with Gasteiger partial charge < -0.3 is 29.9 Å². The molecule has 16 nitrogen and oxygen atoms in total. The first-order valence-corrected chi connectivity index (χ1v) is 23.0. The molecule has 2 saturated heterocycles. The van der Waals surface area contributed by atoms with Crippen molar-refractivity contribution in [1.82, 2.24) is 50.8 Å². The second-order valence-corrected chi connectivity index (χ2v) is 17.7. The molecule has 0 aliphatic carbocycles. The van der Waals surface area contributed by atoms with Gasteiger partial charge in [0, 0.05) is 91.2 Å². The van der Waals surface area contributed by atoms with E-state index in [2.05, 4.69) is 36.4 Å². The molecule has 346 valence electrons. The molecule has 0 saturated carbocycles. The van der Waals surface area contributed by atoms with Gasteiger partial charge in [0.05, 0.1) is 24.1 Å². The monoisotopic (exact) mass is 968 g/mol. The van der Waals surface area contributed by atoms with Gasteiger partial charge in [0.2, 0.25) is 11.8 Å². The van der Waals surface area contributed by atoms with Gasteiger partial charge in [0.25, 0.3) is 0 Å². The van der Waals surface area contributed by atoms with Crippen LogP contribution < -0.4 is 10.6 Å². The Bertz CT molecular complexity index is 2260. The minimum atomic E-state index is -0.366. The summed E-state index contributed by atoms with van der Waals surface area (Å²) in [5, 5.41) is 26.5. The maximum atomic E-state index is 12.4. The predicted octanol–water partition coefficient (Wildman–Crippen LogP) is 7.94. The van der Waals surface area contributed by atoms with Crippen molar-refractivity contribution < 1.29 is 28.7 Å². The molecule has 20 heteroatoms. The molecule has 0 spiro atoms. The average molecular weight is 971 g/mol. The zero-order valence-corrected chi connectivity index (χ0v) is 38.8. The summed E-state index contributed by atoms with van der Waals surface area (Å²) in [7, 11) is 0. The molecule has 0 unspecified atom stereocenters. The fourth-order valence-corrected chi connectivity index (χ4v) is 8.62. The van der Waals surface area contributed by atoms with Crippen LogP contribution in [0.5, 0.6) is 0 Å². The Balaban J connectivity index is 0.000000221. The summed E-state index contributed by atoms with van der Waals surface area (Å²) in [6, 6.07) is 20.2. The van der Waals surface area contributed by atoms with E-state index >= 15 is 0 Å². The van der Waals surface area contributed by atoms with Gasteiger partial charge in [-0.05, 0) is 90.6 Å². The van der Waals surface area contributed by atoms with E-state index in [-0.39, 0.29) is 49.1 Å². The van der Waals surface area contributed by atoms with Crippen LogP contribution in [-0.4, -0.2) is 103 Å². The molecular weight excluding hydrogens is 918 g/mol. The number of aromatic nitrogens is 6. The third-order valence-electron chi connectivity index (χ3n) is 10.9.